The summed E-state index contributed by atoms with van der Waals surface area (Å²) in [5.74, 6) is -1.93. The first-order chi connectivity index (χ1) is 7.43. The molecule has 1 rings (SSSR count). The molecular formula is C11H12ClFO3. The van der Waals surface area contributed by atoms with Gasteiger partial charge < -0.3 is 9.84 Å². The van der Waals surface area contributed by atoms with Crippen LogP contribution in [0.15, 0.2) is 18.2 Å². The number of carbonyl (C=O) groups is 1. The maximum absolute atomic E-state index is 13.1. The molecule has 0 aliphatic rings. The first-order valence-electron chi connectivity index (χ1n) is 4.77. The number of aliphatic carboxylic acids is 1. The average molecular weight is 247 g/mol. The van der Waals surface area contributed by atoms with E-state index >= 15 is 0 Å². The lowest BCUT2D eigenvalue weighted by atomic mass is 10.1. The zero-order valence-electron chi connectivity index (χ0n) is 8.91. The topological polar surface area (TPSA) is 46.5 Å². The van der Waals surface area contributed by atoms with Gasteiger partial charge in [-0.2, -0.15) is 0 Å². The number of carboxylic acid groups (broad SMARTS) is 1. The SMILES string of the molecule is CC(C)C(Oc1cccc(F)c1Cl)C(=O)O. The Morgan fingerprint density at radius 1 is 1.50 bits per heavy atom. The van der Waals surface area contributed by atoms with Crippen molar-refractivity contribution < 1.29 is 19.0 Å². The molecule has 3 nitrogen and oxygen atoms in total. The summed E-state index contributed by atoms with van der Waals surface area (Å²) in [6.07, 6.45) is -1.04. The van der Waals surface area contributed by atoms with E-state index < -0.39 is 17.9 Å². The van der Waals surface area contributed by atoms with Crippen molar-refractivity contribution >= 4 is 17.6 Å². The van der Waals surface area contributed by atoms with Crippen LogP contribution in [0, 0.1) is 11.7 Å². The molecule has 0 amide bonds. The fourth-order valence-electron chi connectivity index (χ4n) is 1.18. The molecule has 1 unspecified atom stereocenters. The molecule has 1 aromatic carbocycles. The number of ether oxygens (including phenoxy) is 1. The third-order valence-electron chi connectivity index (χ3n) is 2.02. The molecule has 0 heterocycles. The van der Waals surface area contributed by atoms with Crippen LogP contribution >= 0.6 is 11.6 Å². The third kappa shape index (κ3) is 2.85. The fraction of sp³-hybridized carbons (Fsp3) is 0.364. The Morgan fingerprint density at radius 3 is 2.62 bits per heavy atom. The average Bonchev–Trinajstić information content (AvgIpc) is 2.19. The summed E-state index contributed by atoms with van der Waals surface area (Å²) in [7, 11) is 0. The molecule has 0 fully saturated rings. The van der Waals surface area contributed by atoms with Gasteiger partial charge in [0.2, 0.25) is 0 Å². The van der Waals surface area contributed by atoms with Crippen molar-refractivity contribution in [3.05, 3.63) is 29.0 Å². The van der Waals surface area contributed by atoms with Crippen molar-refractivity contribution in [3.8, 4) is 5.75 Å². The first kappa shape index (κ1) is 12.8. The molecule has 0 aromatic heterocycles. The van der Waals surface area contributed by atoms with Crippen LogP contribution in [0.2, 0.25) is 5.02 Å². The van der Waals surface area contributed by atoms with Gasteiger partial charge >= 0.3 is 5.97 Å². The van der Waals surface area contributed by atoms with Gasteiger partial charge in [0.1, 0.15) is 16.6 Å². The van der Waals surface area contributed by atoms with Crippen molar-refractivity contribution in [2.75, 3.05) is 0 Å². The summed E-state index contributed by atoms with van der Waals surface area (Å²) in [5.41, 5.74) is 0. The summed E-state index contributed by atoms with van der Waals surface area (Å²) >= 11 is 5.65. The highest BCUT2D eigenvalue weighted by atomic mass is 35.5. The van der Waals surface area contributed by atoms with Crippen LogP contribution in [0.5, 0.6) is 5.75 Å². The summed E-state index contributed by atoms with van der Waals surface area (Å²) in [5, 5.41) is 8.70. The largest absolute Gasteiger partial charge is 0.478 e. The molecule has 0 bridgehead atoms. The maximum atomic E-state index is 13.1. The molecule has 0 aliphatic carbocycles. The predicted octanol–water partition coefficient (Wildman–Crippen LogP) is 2.97. The number of benzene rings is 1. The quantitative estimate of drug-likeness (QED) is 0.888. The van der Waals surface area contributed by atoms with Gasteiger partial charge in [-0.05, 0) is 12.1 Å². The Bertz CT molecular complexity index is 393. The molecule has 5 heteroatoms. The number of hydrogen-bond donors (Lipinski definition) is 1. The minimum absolute atomic E-state index is 0.0442. The normalized spacial score (nSPS) is 12.6. The Hall–Kier alpha value is -1.29. The summed E-state index contributed by atoms with van der Waals surface area (Å²) in [6.45, 7) is 3.40. The number of carboxylic acids is 1. The molecule has 1 atom stereocenters. The van der Waals surface area contributed by atoms with Gasteiger partial charge in [0.05, 0.1) is 0 Å². The lowest BCUT2D eigenvalue weighted by Gasteiger charge is -2.19. The van der Waals surface area contributed by atoms with Crippen LogP contribution in [0.4, 0.5) is 4.39 Å². The van der Waals surface area contributed by atoms with Crippen LogP contribution < -0.4 is 4.74 Å². The lowest BCUT2D eigenvalue weighted by Crippen LogP contribution is -2.32. The Labute approximate surface area is 97.8 Å². The van der Waals surface area contributed by atoms with Crippen LogP contribution in [-0.2, 0) is 4.79 Å². The van der Waals surface area contributed by atoms with E-state index in [9.17, 15) is 9.18 Å². The molecule has 1 aromatic rings. The molecule has 0 saturated heterocycles. The van der Waals surface area contributed by atoms with Gasteiger partial charge in [0, 0.05) is 5.92 Å². The van der Waals surface area contributed by atoms with E-state index in [1.807, 2.05) is 0 Å². The summed E-state index contributed by atoms with van der Waals surface area (Å²) < 4.78 is 18.2. The highest BCUT2D eigenvalue weighted by Crippen LogP contribution is 2.28. The second-order valence-electron chi connectivity index (χ2n) is 3.67. The summed E-state index contributed by atoms with van der Waals surface area (Å²) in [6, 6.07) is 4.03. The van der Waals surface area contributed by atoms with E-state index in [1.165, 1.54) is 18.2 Å². The van der Waals surface area contributed by atoms with Crippen LogP contribution in [0.3, 0.4) is 0 Å². The Morgan fingerprint density at radius 2 is 2.12 bits per heavy atom. The minimum Gasteiger partial charge on any atom is -0.478 e. The number of rotatable bonds is 4. The molecule has 16 heavy (non-hydrogen) atoms. The van der Waals surface area contributed by atoms with E-state index in [0.29, 0.717) is 0 Å². The standard InChI is InChI=1S/C11H12ClFO3/c1-6(2)10(11(14)15)16-8-5-3-4-7(13)9(8)12/h3-6,10H,1-2H3,(H,14,15). The maximum Gasteiger partial charge on any atom is 0.345 e. The molecule has 0 aliphatic heterocycles. The molecule has 0 radical (unpaired) electrons. The van der Waals surface area contributed by atoms with E-state index in [1.54, 1.807) is 13.8 Å². The van der Waals surface area contributed by atoms with Crippen LogP contribution in [0.1, 0.15) is 13.8 Å². The minimum atomic E-state index is -1.10. The van der Waals surface area contributed by atoms with Gasteiger partial charge in [-0.25, -0.2) is 9.18 Å². The zero-order chi connectivity index (χ0) is 12.3. The van der Waals surface area contributed by atoms with Gasteiger partial charge in [-0.3, -0.25) is 0 Å². The van der Waals surface area contributed by atoms with E-state index in [-0.39, 0.29) is 16.7 Å². The van der Waals surface area contributed by atoms with Gasteiger partial charge in [0.25, 0.3) is 0 Å². The smallest absolute Gasteiger partial charge is 0.345 e. The second-order valence-corrected chi connectivity index (χ2v) is 4.05. The Kier molecular flexibility index (Phi) is 4.12. The van der Waals surface area contributed by atoms with Gasteiger partial charge in [0.15, 0.2) is 6.10 Å². The molecule has 1 N–H and O–H groups in total. The van der Waals surface area contributed by atoms with Crippen LogP contribution in [0.25, 0.3) is 0 Å². The number of hydrogen-bond acceptors (Lipinski definition) is 2. The Balaban J connectivity index is 2.94. The predicted molar refractivity (Wildman–Crippen MR) is 58.3 cm³/mol. The second kappa shape index (κ2) is 5.16. The van der Waals surface area contributed by atoms with E-state index in [4.69, 9.17) is 21.4 Å². The van der Waals surface area contributed by atoms with Crippen molar-refractivity contribution in [2.24, 2.45) is 5.92 Å². The molecular weight excluding hydrogens is 235 g/mol. The van der Waals surface area contributed by atoms with Crippen molar-refractivity contribution in [1.29, 1.82) is 0 Å². The van der Waals surface area contributed by atoms with Crippen molar-refractivity contribution in [2.45, 2.75) is 20.0 Å². The van der Waals surface area contributed by atoms with Gasteiger partial charge in [-0.1, -0.05) is 31.5 Å². The fourth-order valence-corrected chi connectivity index (χ4v) is 1.35. The first-order valence-corrected chi connectivity index (χ1v) is 5.14. The number of halogens is 2. The molecule has 0 saturated carbocycles. The summed E-state index contributed by atoms with van der Waals surface area (Å²) in [4.78, 5) is 10.9. The van der Waals surface area contributed by atoms with Crippen molar-refractivity contribution in [3.63, 3.8) is 0 Å². The monoisotopic (exact) mass is 246 g/mol. The van der Waals surface area contributed by atoms with Crippen molar-refractivity contribution in [1.82, 2.24) is 0 Å². The molecule has 88 valence electrons. The highest BCUT2D eigenvalue weighted by Gasteiger charge is 2.24. The van der Waals surface area contributed by atoms with E-state index in [2.05, 4.69) is 0 Å². The molecule has 0 spiro atoms. The zero-order valence-corrected chi connectivity index (χ0v) is 9.66. The van der Waals surface area contributed by atoms with Gasteiger partial charge in [-0.15, -0.1) is 0 Å². The van der Waals surface area contributed by atoms with Crippen LogP contribution in [-0.4, -0.2) is 17.2 Å². The van der Waals surface area contributed by atoms with E-state index in [0.717, 1.165) is 0 Å². The lowest BCUT2D eigenvalue weighted by molar-refractivity contribution is -0.147. The third-order valence-corrected chi connectivity index (χ3v) is 2.39. The highest BCUT2D eigenvalue weighted by molar-refractivity contribution is 6.32.